The predicted molar refractivity (Wildman–Crippen MR) is 55.4 cm³/mol. The van der Waals surface area contributed by atoms with Crippen LogP contribution in [0, 0.1) is 0 Å². The number of rotatable bonds is 4. The molecule has 0 amide bonds. The number of halogens is 1. The number of methoxy groups -OCH3 is 1. The quantitative estimate of drug-likeness (QED) is 0.799. The molecule has 0 spiro atoms. The molecule has 0 aliphatic carbocycles. The van der Waals surface area contributed by atoms with Crippen molar-refractivity contribution in [2.75, 3.05) is 7.11 Å². The van der Waals surface area contributed by atoms with Crippen LogP contribution >= 0.6 is 0 Å². The van der Waals surface area contributed by atoms with Gasteiger partial charge in [0.05, 0.1) is 10.8 Å². The van der Waals surface area contributed by atoms with Gasteiger partial charge in [0, 0.05) is 12.0 Å². The lowest BCUT2D eigenvalue weighted by Gasteiger charge is -2.24. The van der Waals surface area contributed by atoms with E-state index in [1.54, 1.807) is 18.2 Å². The van der Waals surface area contributed by atoms with Crippen molar-refractivity contribution in [1.29, 1.82) is 0 Å². The van der Waals surface area contributed by atoms with Gasteiger partial charge in [-0.25, -0.2) is 4.39 Å². The van der Waals surface area contributed by atoms with Crippen molar-refractivity contribution in [3.8, 4) is 0 Å². The van der Waals surface area contributed by atoms with E-state index in [1.165, 1.54) is 12.1 Å². The Morgan fingerprint density at radius 1 is 1.47 bits per heavy atom. The molecule has 0 bridgehead atoms. The van der Waals surface area contributed by atoms with Crippen LogP contribution in [0.25, 0.3) is 0 Å². The Bertz CT molecular complexity index is 340. The van der Waals surface area contributed by atoms with Gasteiger partial charge < -0.3 is 9.84 Å². The van der Waals surface area contributed by atoms with Gasteiger partial charge in [0.1, 0.15) is 0 Å². The molecule has 0 saturated carbocycles. The molecule has 1 N–H and O–H groups in total. The SMILES string of the molecule is COC(C)(O)C(F)S(=O)c1ccccc1. The smallest absolute Gasteiger partial charge is 0.232 e. The predicted octanol–water partition coefficient (Wildman–Crippen LogP) is 1.44. The van der Waals surface area contributed by atoms with E-state index in [2.05, 4.69) is 4.74 Å². The van der Waals surface area contributed by atoms with Crippen LogP contribution in [-0.2, 0) is 15.5 Å². The lowest BCUT2D eigenvalue weighted by atomic mass is 10.4. The van der Waals surface area contributed by atoms with Crippen molar-refractivity contribution < 1.29 is 18.4 Å². The van der Waals surface area contributed by atoms with Gasteiger partial charge in [-0.2, -0.15) is 0 Å². The number of hydrogen-bond acceptors (Lipinski definition) is 3. The molecule has 3 nitrogen and oxygen atoms in total. The average Bonchev–Trinajstić information content (AvgIpc) is 2.28. The second-order valence-electron chi connectivity index (χ2n) is 3.19. The molecule has 0 heterocycles. The number of aliphatic hydroxyl groups is 1. The summed E-state index contributed by atoms with van der Waals surface area (Å²) in [6.07, 6.45) is 0. The van der Waals surface area contributed by atoms with Crippen molar-refractivity contribution in [2.45, 2.75) is 23.1 Å². The van der Waals surface area contributed by atoms with Gasteiger partial charge in [0.2, 0.25) is 11.3 Å². The maximum Gasteiger partial charge on any atom is 0.232 e. The van der Waals surface area contributed by atoms with Gasteiger partial charge in [-0.3, -0.25) is 4.21 Å². The Labute approximate surface area is 90.3 Å². The molecule has 1 aromatic carbocycles. The van der Waals surface area contributed by atoms with E-state index >= 15 is 0 Å². The fourth-order valence-corrected chi connectivity index (χ4v) is 2.12. The summed E-state index contributed by atoms with van der Waals surface area (Å²) in [6, 6.07) is 8.12. The van der Waals surface area contributed by atoms with Gasteiger partial charge in [0.25, 0.3) is 0 Å². The molecule has 0 fully saturated rings. The first-order chi connectivity index (χ1) is 6.99. The number of benzene rings is 1. The molecule has 0 aliphatic rings. The Kier molecular flexibility index (Phi) is 3.96. The molecule has 84 valence electrons. The maximum absolute atomic E-state index is 13.6. The Morgan fingerprint density at radius 2 is 2.00 bits per heavy atom. The van der Waals surface area contributed by atoms with Gasteiger partial charge in [-0.05, 0) is 19.1 Å². The summed E-state index contributed by atoms with van der Waals surface area (Å²) in [5.41, 5.74) is -1.98. The van der Waals surface area contributed by atoms with Gasteiger partial charge in [-0.1, -0.05) is 18.2 Å². The normalized spacial score (nSPS) is 19.2. The molecule has 1 aromatic rings. The molecule has 0 radical (unpaired) electrons. The first-order valence-electron chi connectivity index (χ1n) is 4.36. The van der Waals surface area contributed by atoms with Crippen molar-refractivity contribution >= 4 is 10.8 Å². The van der Waals surface area contributed by atoms with E-state index in [-0.39, 0.29) is 0 Å². The molecule has 0 saturated heterocycles. The summed E-state index contributed by atoms with van der Waals surface area (Å²) in [5.74, 6) is -2.04. The zero-order valence-corrected chi connectivity index (χ0v) is 9.33. The molecule has 0 aromatic heterocycles. The van der Waals surface area contributed by atoms with E-state index in [4.69, 9.17) is 0 Å². The third-order valence-electron chi connectivity index (χ3n) is 2.00. The fourth-order valence-electron chi connectivity index (χ4n) is 0.965. The minimum absolute atomic E-state index is 0.322. The molecule has 5 heteroatoms. The zero-order chi connectivity index (χ0) is 11.5. The Hall–Kier alpha value is -0.780. The van der Waals surface area contributed by atoms with Crippen LogP contribution in [0.15, 0.2) is 35.2 Å². The molecule has 0 aliphatic heterocycles. The van der Waals surface area contributed by atoms with E-state index < -0.39 is 22.1 Å². The summed E-state index contributed by atoms with van der Waals surface area (Å²) in [7, 11) is -0.778. The van der Waals surface area contributed by atoms with E-state index in [0.717, 1.165) is 14.0 Å². The number of hydrogen-bond donors (Lipinski definition) is 1. The highest BCUT2D eigenvalue weighted by molar-refractivity contribution is 7.85. The molecular formula is C10H13FO3S. The lowest BCUT2D eigenvalue weighted by Crippen LogP contribution is -2.40. The van der Waals surface area contributed by atoms with Crippen LogP contribution in [-0.4, -0.2) is 27.7 Å². The van der Waals surface area contributed by atoms with Crippen LogP contribution in [0.5, 0.6) is 0 Å². The summed E-state index contributed by atoms with van der Waals surface area (Å²) >= 11 is 0. The summed E-state index contributed by atoms with van der Waals surface area (Å²) in [5, 5.41) is 9.43. The molecule has 3 atom stereocenters. The summed E-state index contributed by atoms with van der Waals surface area (Å²) in [4.78, 5) is 0.322. The monoisotopic (exact) mass is 232 g/mol. The second kappa shape index (κ2) is 4.83. The van der Waals surface area contributed by atoms with E-state index in [9.17, 15) is 13.7 Å². The van der Waals surface area contributed by atoms with Crippen LogP contribution in [0.2, 0.25) is 0 Å². The van der Waals surface area contributed by atoms with Gasteiger partial charge in [0.15, 0.2) is 0 Å². The molecule has 15 heavy (non-hydrogen) atoms. The number of ether oxygens (including phenoxy) is 1. The second-order valence-corrected chi connectivity index (χ2v) is 4.67. The van der Waals surface area contributed by atoms with Crippen LogP contribution in [0.4, 0.5) is 4.39 Å². The maximum atomic E-state index is 13.6. The van der Waals surface area contributed by atoms with Crippen LogP contribution in [0.1, 0.15) is 6.92 Å². The zero-order valence-electron chi connectivity index (χ0n) is 8.51. The first-order valence-corrected chi connectivity index (χ1v) is 5.57. The third-order valence-corrected chi connectivity index (χ3v) is 3.55. The van der Waals surface area contributed by atoms with Crippen molar-refractivity contribution in [1.82, 2.24) is 0 Å². The largest absolute Gasteiger partial charge is 0.363 e. The van der Waals surface area contributed by atoms with Crippen molar-refractivity contribution in [3.05, 3.63) is 30.3 Å². The topological polar surface area (TPSA) is 46.5 Å². The summed E-state index contributed by atoms with van der Waals surface area (Å²) < 4.78 is 29.8. The summed E-state index contributed by atoms with van der Waals surface area (Å²) in [6.45, 7) is 1.14. The lowest BCUT2D eigenvalue weighted by molar-refractivity contribution is -0.190. The Balaban J connectivity index is 2.87. The van der Waals surface area contributed by atoms with Crippen LogP contribution < -0.4 is 0 Å². The molecule has 3 unspecified atom stereocenters. The average molecular weight is 232 g/mol. The van der Waals surface area contributed by atoms with Crippen LogP contribution in [0.3, 0.4) is 0 Å². The highest BCUT2D eigenvalue weighted by Crippen LogP contribution is 2.22. The van der Waals surface area contributed by atoms with Crippen molar-refractivity contribution in [2.24, 2.45) is 0 Å². The molecular weight excluding hydrogens is 219 g/mol. The van der Waals surface area contributed by atoms with Crippen molar-refractivity contribution in [3.63, 3.8) is 0 Å². The minimum Gasteiger partial charge on any atom is -0.363 e. The standard InChI is InChI=1S/C10H13FO3S/c1-10(12,14-2)9(11)15(13)8-6-4-3-5-7-8/h3-7,9,12H,1-2H3. The third kappa shape index (κ3) is 2.84. The van der Waals surface area contributed by atoms with E-state index in [1.807, 2.05) is 0 Å². The fraction of sp³-hybridized carbons (Fsp3) is 0.400. The number of alkyl halides is 1. The van der Waals surface area contributed by atoms with Gasteiger partial charge >= 0.3 is 0 Å². The van der Waals surface area contributed by atoms with E-state index in [0.29, 0.717) is 4.90 Å². The Morgan fingerprint density at radius 3 is 2.47 bits per heavy atom. The highest BCUT2D eigenvalue weighted by Gasteiger charge is 2.37. The van der Waals surface area contributed by atoms with Gasteiger partial charge in [-0.15, -0.1) is 0 Å². The minimum atomic E-state index is -2.04. The first kappa shape index (κ1) is 12.3. The molecule has 1 rings (SSSR count). The highest BCUT2D eigenvalue weighted by atomic mass is 32.2.